The molecule has 2 aromatic rings. The Morgan fingerprint density at radius 1 is 1.25 bits per heavy atom. The zero-order chi connectivity index (χ0) is 17.3. The Morgan fingerprint density at radius 3 is 2.71 bits per heavy atom. The number of nitro benzene ring substituents is 1. The molecule has 0 saturated carbocycles. The third-order valence-electron chi connectivity index (χ3n) is 3.17. The molecule has 0 radical (unpaired) electrons. The highest BCUT2D eigenvalue weighted by atomic mass is 35.5. The van der Waals surface area contributed by atoms with Gasteiger partial charge in [0.25, 0.3) is 5.69 Å². The fourth-order valence-electron chi connectivity index (χ4n) is 2.07. The summed E-state index contributed by atoms with van der Waals surface area (Å²) in [6, 6.07) is 9.34. The molecule has 120 valence electrons. The number of rotatable bonds is 3. The van der Waals surface area contributed by atoms with E-state index in [9.17, 15) is 19.3 Å². The first-order valence-corrected chi connectivity index (χ1v) is 7.04. The molecule has 0 N–H and O–H groups in total. The summed E-state index contributed by atoms with van der Waals surface area (Å²) in [6.07, 6.45) is 1.37. The second-order valence-electron chi connectivity index (χ2n) is 4.81. The highest BCUT2D eigenvalue weighted by Gasteiger charge is 2.26. The van der Waals surface area contributed by atoms with Crippen molar-refractivity contribution in [2.45, 2.75) is 0 Å². The van der Waals surface area contributed by atoms with E-state index in [-0.39, 0.29) is 27.9 Å². The molecule has 0 bridgehead atoms. The van der Waals surface area contributed by atoms with Gasteiger partial charge in [0.05, 0.1) is 15.5 Å². The lowest BCUT2D eigenvalue weighted by atomic mass is 10.2. The lowest BCUT2D eigenvalue weighted by Gasteiger charge is -2.02. The first-order valence-electron chi connectivity index (χ1n) is 6.66. The van der Waals surface area contributed by atoms with E-state index in [0.29, 0.717) is 5.56 Å². The molecule has 3 rings (SSSR count). The smallest absolute Gasteiger partial charge is 0.363 e. The van der Waals surface area contributed by atoms with E-state index >= 15 is 0 Å². The van der Waals surface area contributed by atoms with Gasteiger partial charge in [-0.25, -0.2) is 14.2 Å². The van der Waals surface area contributed by atoms with Crippen LogP contribution in [0.25, 0.3) is 6.08 Å². The van der Waals surface area contributed by atoms with Crippen molar-refractivity contribution in [3.8, 4) is 0 Å². The molecule has 1 aliphatic rings. The fraction of sp³-hybridized carbons (Fsp3) is 0. The molecule has 0 saturated heterocycles. The molecule has 0 aromatic heterocycles. The second-order valence-corrected chi connectivity index (χ2v) is 5.22. The number of esters is 1. The maximum Gasteiger partial charge on any atom is 0.363 e. The fourth-order valence-corrected chi connectivity index (χ4v) is 2.33. The number of hydrogen-bond donors (Lipinski definition) is 0. The molecule has 24 heavy (non-hydrogen) atoms. The number of hydrogen-bond acceptors (Lipinski definition) is 5. The summed E-state index contributed by atoms with van der Waals surface area (Å²) in [5.74, 6) is -1.23. The number of nitro groups is 1. The van der Waals surface area contributed by atoms with Crippen LogP contribution in [0.15, 0.2) is 53.2 Å². The van der Waals surface area contributed by atoms with Gasteiger partial charge in [-0.05, 0) is 29.8 Å². The molecular formula is C16H8ClFN2O4. The minimum absolute atomic E-state index is 0.0231. The largest absolute Gasteiger partial charge is 0.402 e. The van der Waals surface area contributed by atoms with Gasteiger partial charge in [0.15, 0.2) is 5.70 Å². The van der Waals surface area contributed by atoms with Crippen LogP contribution in [0.5, 0.6) is 0 Å². The number of nitrogens with zero attached hydrogens (tertiary/aromatic N) is 2. The Labute approximate surface area is 140 Å². The standard InChI is InChI=1S/C16H8ClFN2O4/c17-13-8-11(20(22)23)4-5-12(13)15-19-14(16(21)24-15)7-9-2-1-3-10(18)6-9/h1-8H/b14-7-. The highest BCUT2D eigenvalue weighted by Crippen LogP contribution is 2.27. The Kier molecular flexibility index (Phi) is 4.09. The van der Waals surface area contributed by atoms with Crippen molar-refractivity contribution in [2.24, 2.45) is 4.99 Å². The topological polar surface area (TPSA) is 81.8 Å². The monoisotopic (exact) mass is 346 g/mol. The number of halogens is 2. The lowest BCUT2D eigenvalue weighted by molar-refractivity contribution is -0.384. The van der Waals surface area contributed by atoms with Gasteiger partial charge in [0, 0.05) is 12.1 Å². The van der Waals surface area contributed by atoms with Gasteiger partial charge < -0.3 is 4.74 Å². The molecule has 0 spiro atoms. The molecule has 0 amide bonds. The van der Waals surface area contributed by atoms with Gasteiger partial charge in [-0.2, -0.15) is 0 Å². The van der Waals surface area contributed by atoms with Crippen LogP contribution in [0.4, 0.5) is 10.1 Å². The Bertz CT molecular complexity index is 924. The molecule has 6 nitrogen and oxygen atoms in total. The number of benzene rings is 2. The van der Waals surface area contributed by atoms with Gasteiger partial charge in [0.2, 0.25) is 5.90 Å². The summed E-state index contributed by atoms with van der Waals surface area (Å²) in [4.78, 5) is 26.0. The van der Waals surface area contributed by atoms with Gasteiger partial charge in [-0.3, -0.25) is 10.1 Å². The predicted molar refractivity (Wildman–Crippen MR) is 85.1 cm³/mol. The van der Waals surface area contributed by atoms with Crippen molar-refractivity contribution in [3.05, 3.63) is 80.2 Å². The van der Waals surface area contributed by atoms with Crippen molar-refractivity contribution in [2.75, 3.05) is 0 Å². The van der Waals surface area contributed by atoms with E-state index in [4.69, 9.17) is 16.3 Å². The zero-order valence-electron chi connectivity index (χ0n) is 11.9. The van der Waals surface area contributed by atoms with Crippen LogP contribution in [-0.2, 0) is 9.53 Å². The number of non-ortho nitro benzene ring substituents is 1. The molecule has 2 aromatic carbocycles. The average molecular weight is 347 g/mol. The van der Waals surface area contributed by atoms with Crippen LogP contribution < -0.4 is 0 Å². The minimum atomic E-state index is -0.719. The number of aliphatic imine (C=N–C) groups is 1. The molecule has 0 aliphatic carbocycles. The second kappa shape index (κ2) is 6.21. The Morgan fingerprint density at radius 2 is 2.04 bits per heavy atom. The van der Waals surface area contributed by atoms with Gasteiger partial charge in [0.1, 0.15) is 5.82 Å². The van der Waals surface area contributed by atoms with Crippen molar-refractivity contribution >= 4 is 35.2 Å². The number of cyclic esters (lactones) is 1. The third kappa shape index (κ3) is 3.16. The number of ether oxygens (including phenoxy) is 1. The number of carbonyl (C=O) groups excluding carboxylic acids is 1. The van der Waals surface area contributed by atoms with Gasteiger partial charge in [-0.15, -0.1) is 0 Å². The van der Waals surface area contributed by atoms with Crippen molar-refractivity contribution in [1.82, 2.24) is 0 Å². The summed E-state index contributed by atoms with van der Waals surface area (Å²) >= 11 is 5.98. The quantitative estimate of drug-likeness (QED) is 0.367. The summed E-state index contributed by atoms with van der Waals surface area (Å²) in [5.41, 5.74) is 0.481. The van der Waals surface area contributed by atoms with Crippen LogP contribution in [-0.4, -0.2) is 16.8 Å². The molecule has 0 unspecified atom stereocenters. The van der Waals surface area contributed by atoms with E-state index in [2.05, 4.69) is 4.99 Å². The van der Waals surface area contributed by atoms with Crippen LogP contribution in [0.1, 0.15) is 11.1 Å². The van der Waals surface area contributed by atoms with Crippen LogP contribution in [0.2, 0.25) is 5.02 Å². The van der Waals surface area contributed by atoms with E-state index in [1.807, 2.05) is 0 Å². The highest BCUT2D eigenvalue weighted by molar-refractivity contribution is 6.34. The van der Waals surface area contributed by atoms with Gasteiger partial charge >= 0.3 is 5.97 Å². The molecule has 1 aliphatic heterocycles. The third-order valence-corrected chi connectivity index (χ3v) is 3.48. The first kappa shape index (κ1) is 15.8. The Hall–Kier alpha value is -3.06. The van der Waals surface area contributed by atoms with Crippen molar-refractivity contribution < 1.29 is 18.8 Å². The maximum atomic E-state index is 13.2. The SMILES string of the molecule is O=C1OC(c2ccc([N+](=O)[O-])cc2Cl)=N/C1=C\c1cccc(F)c1. The molecule has 0 atom stereocenters. The van der Waals surface area contributed by atoms with Gasteiger partial charge in [-0.1, -0.05) is 23.7 Å². The predicted octanol–water partition coefficient (Wildman–Crippen LogP) is 3.73. The lowest BCUT2D eigenvalue weighted by Crippen LogP contribution is -2.06. The van der Waals surface area contributed by atoms with E-state index < -0.39 is 16.7 Å². The van der Waals surface area contributed by atoms with E-state index in [1.165, 1.54) is 36.4 Å². The van der Waals surface area contributed by atoms with Crippen LogP contribution in [0, 0.1) is 15.9 Å². The molecular weight excluding hydrogens is 339 g/mol. The van der Waals surface area contributed by atoms with Crippen LogP contribution in [0.3, 0.4) is 0 Å². The maximum absolute atomic E-state index is 13.2. The van der Waals surface area contributed by atoms with E-state index in [0.717, 1.165) is 6.07 Å². The summed E-state index contributed by atoms with van der Waals surface area (Å²) < 4.78 is 18.2. The average Bonchev–Trinajstić information content (AvgIpc) is 2.87. The summed E-state index contributed by atoms with van der Waals surface area (Å²) in [6.45, 7) is 0. The normalized spacial score (nSPS) is 15.3. The van der Waals surface area contributed by atoms with E-state index in [1.54, 1.807) is 6.07 Å². The number of carbonyl (C=O) groups is 1. The Balaban J connectivity index is 1.96. The molecule has 1 heterocycles. The minimum Gasteiger partial charge on any atom is -0.402 e. The van der Waals surface area contributed by atoms with Crippen LogP contribution >= 0.6 is 11.6 Å². The summed E-state index contributed by atoms with van der Waals surface area (Å²) in [5, 5.41) is 10.7. The van der Waals surface area contributed by atoms with Crippen molar-refractivity contribution in [1.29, 1.82) is 0 Å². The summed E-state index contributed by atoms with van der Waals surface area (Å²) in [7, 11) is 0. The first-order chi connectivity index (χ1) is 11.4. The zero-order valence-corrected chi connectivity index (χ0v) is 12.7. The molecule has 8 heteroatoms. The van der Waals surface area contributed by atoms with Crippen molar-refractivity contribution in [3.63, 3.8) is 0 Å². The molecule has 0 fully saturated rings.